The van der Waals surface area contributed by atoms with E-state index in [1.54, 1.807) is 44.2 Å². The van der Waals surface area contributed by atoms with Crippen molar-refractivity contribution >= 4 is 29.0 Å². The predicted molar refractivity (Wildman–Crippen MR) is 102 cm³/mol. The average molecular weight is 387 g/mol. The van der Waals surface area contributed by atoms with Crippen molar-refractivity contribution in [3.05, 3.63) is 63.5 Å². The summed E-state index contributed by atoms with van der Waals surface area (Å²) in [5.74, 6) is 0.227. The van der Waals surface area contributed by atoms with E-state index < -0.39 is 16.9 Å². The third kappa shape index (κ3) is 3.68. The molecule has 9 heteroatoms. The minimum absolute atomic E-state index is 0.0653. The molecule has 0 bridgehead atoms. The van der Waals surface area contributed by atoms with Gasteiger partial charge >= 0.3 is 5.97 Å². The molecule has 0 saturated carbocycles. The van der Waals surface area contributed by atoms with Crippen LogP contribution in [0.25, 0.3) is 11.3 Å². The van der Waals surface area contributed by atoms with Crippen LogP contribution in [-0.4, -0.2) is 22.6 Å². The first-order chi connectivity index (χ1) is 12.9. The van der Waals surface area contributed by atoms with Crippen molar-refractivity contribution in [2.75, 3.05) is 6.61 Å². The van der Waals surface area contributed by atoms with Gasteiger partial charge in [0.2, 0.25) is 0 Å². The molecule has 0 amide bonds. The normalized spacial score (nSPS) is 16.5. The lowest BCUT2D eigenvalue weighted by Gasteiger charge is -2.28. The van der Waals surface area contributed by atoms with Gasteiger partial charge in [-0.15, -0.1) is 0 Å². The van der Waals surface area contributed by atoms with Crippen molar-refractivity contribution in [3.8, 4) is 11.3 Å². The van der Waals surface area contributed by atoms with E-state index in [0.717, 1.165) is 0 Å². The summed E-state index contributed by atoms with van der Waals surface area (Å²) >= 11 is 5.18. The molecule has 2 N–H and O–H groups in total. The number of hydrogen-bond acceptors (Lipinski definition) is 6. The van der Waals surface area contributed by atoms with Gasteiger partial charge in [0.25, 0.3) is 5.69 Å². The van der Waals surface area contributed by atoms with E-state index in [9.17, 15) is 14.9 Å². The molecular weight excluding hydrogens is 370 g/mol. The van der Waals surface area contributed by atoms with E-state index in [1.807, 2.05) is 0 Å². The maximum absolute atomic E-state index is 12.4. The standard InChI is InChI=1S/C18H17N3O5S/c1-3-25-17(22)15-10(2)19-18(27)20-16(15)14-9-8-13(26-14)11-6-4-5-7-12(11)21(23)24/h4-9,16H,3H2,1-2H3,(H2,19,20,27). The molecule has 0 radical (unpaired) electrons. The average Bonchev–Trinajstić information content (AvgIpc) is 3.11. The molecule has 27 heavy (non-hydrogen) atoms. The smallest absolute Gasteiger partial charge is 0.338 e. The summed E-state index contributed by atoms with van der Waals surface area (Å²) in [7, 11) is 0. The number of benzene rings is 1. The molecule has 1 atom stereocenters. The molecule has 1 aromatic carbocycles. The van der Waals surface area contributed by atoms with Crippen LogP contribution in [0, 0.1) is 10.1 Å². The summed E-state index contributed by atoms with van der Waals surface area (Å²) in [5.41, 5.74) is 1.19. The quantitative estimate of drug-likeness (QED) is 0.349. The number of nitrogens with zero attached hydrogens (tertiary/aromatic N) is 1. The molecule has 2 aromatic rings. The Morgan fingerprint density at radius 2 is 2.07 bits per heavy atom. The third-order valence-corrected chi connectivity index (χ3v) is 4.26. The fourth-order valence-corrected chi connectivity index (χ4v) is 3.15. The zero-order valence-corrected chi connectivity index (χ0v) is 15.5. The number of carbonyl (C=O) groups excluding carboxylic acids is 1. The number of nitro groups is 1. The first-order valence-corrected chi connectivity index (χ1v) is 8.62. The van der Waals surface area contributed by atoms with Gasteiger partial charge in [-0.25, -0.2) is 4.79 Å². The molecule has 3 rings (SSSR count). The van der Waals surface area contributed by atoms with Crippen LogP contribution >= 0.6 is 12.2 Å². The highest BCUT2D eigenvalue weighted by Crippen LogP contribution is 2.35. The van der Waals surface area contributed by atoms with Crippen molar-refractivity contribution < 1.29 is 18.9 Å². The summed E-state index contributed by atoms with van der Waals surface area (Å²) in [6.45, 7) is 3.67. The Balaban J connectivity index is 2.02. The first-order valence-electron chi connectivity index (χ1n) is 8.21. The number of ether oxygens (including phenoxy) is 1. The van der Waals surface area contributed by atoms with E-state index in [2.05, 4.69) is 10.6 Å². The predicted octanol–water partition coefficient (Wildman–Crippen LogP) is 3.21. The van der Waals surface area contributed by atoms with Crippen LogP contribution in [0.5, 0.6) is 0 Å². The van der Waals surface area contributed by atoms with Crippen molar-refractivity contribution in [2.24, 2.45) is 0 Å². The molecule has 8 nitrogen and oxygen atoms in total. The van der Waals surface area contributed by atoms with Crippen LogP contribution in [0.15, 0.2) is 52.1 Å². The Kier molecular flexibility index (Phi) is 5.22. The van der Waals surface area contributed by atoms with Gasteiger partial charge in [-0.05, 0) is 44.3 Å². The number of hydrogen-bond donors (Lipinski definition) is 2. The van der Waals surface area contributed by atoms with Gasteiger partial charge < -0.3 is 19.8 Å². The monoisotopic (exact) mass is 387 g/mol. The molecule has 1 unspecified atom stereocenters. The Hall–Kier alpha value is -3.20. The van der Waals surface area contributed by atoms with Crippen LogP contribution in [0.1, 0.15) is 25.6 Å². The summed E-state index contributed by atoms with van der Waals surface area (Å²) in [5, 5.41) is 17.5. The molecule has 1 aromatic heterocycles. The van der Waals surface area contributed by atoms with E-state index in [0.29, 0.717) is 33.5 Å². The Bertz CT molecular complexity index is 950. The molecular formula is C18H17N3O5S. The lowest BCUT2D eigenvalue weighted by molar-refractivity contribution is -0.384. The fourth-order valence-electron chi connectivity index (χ4n) is 2.88. The second kappa shape index (κ2) is 7.58. The van der Waals surface area contributed by atoms with Crippen LogP contribution in [0.4, 0.5) is 5.69 Å². The summed E-state index contributed by atoms with van der Waals surface area (Å²) in [6, 6.07) is 8.92. The molecule has 0 saturated heterocycles. The molecule has 2 heterocycles. The van der Waals surface area contributed by atoms with Gasteiger partial charge in [-0.2, -0.15) is 0 Å². The Morgan fingerprint density at radius 1 is 1.33 bits per heavy atom. The molecule has 0 spiro atoms. The summed E-state index contributed by atoms with van der Waals surface area (Å²) in [6.07, 6.45) is 0. The number of esters is 1. The van der Waals surface area contributed by atoms with Gasteiger partial charge in [0, 0.05) is 11.8 Å². The van der Waals surface area contributed by atoms with Gasteiger partial charge in [0.1, 0.15) is 17.6 Å². The van der Waals surface area contributed by atoms with Crippen LogP contribution in [0.2, 0.25) is 0 Å². The zero-order valence-electron chi connectivity index (χ0n) is 14.6. The number of thiocarbonyl (C=S) groups is 1. The first kappa shape index (κ1) is 18.6. The number of para-hydroxylation sites is 1. The highest BCUT2D eigenvalue weighted by atomic mass is 32.1. The molecule has 140 valence electrons. The largest absolute Gasteiger partial charge is 0.463 e. The van der Waals surface area contributed by atoms with Crippen LogP contribution in [-0.2, 0) is 9.53 Å². The molecule has 0 aliphatic carbocycles. The highest BCUT2D eigenvalue weighted by molar-refractivity contribution is 7.80. The Labute approximate surface area is 160 Å². The van der Waals surface area contributed by atoms with Crippen molar-refractivity contribution in [1.29, 1.82) is 0 Å². The van der Waals surface area contributed by atoms with Crippen LogP contribution in [0.3, 0.4) is 0 Å². The summed E-state index contributed by atoms with van der Waals surface area (Å²) in [4.78, 5) is 23.2. The van der Waals surface area contributed by atoms with E-state index in [1.165, 1.54) is 6.07 Å². The van der Waals surface area contributed by atoms with E-state index in [-0.39, 0.29) is 12.3 Å². The molecule has 1 aliphatic rings. The molecule has 0 fully saturated rings. The highest BCUT2D eigenvalue weighted by Gasteiger charge is 2.33. The minimum Gasteiger partial charge on any atom is -0.463 e. The number of nitrogens with one attached hydrogen (secondary N) is 2. The van der Waals surface area contributed by atoms with Crippen LogP contribution < -0.4 is 10.6 Å². The fraction of sp³-hybridized carbons (Fsp3) is 0.222. The maximum atomic E-state index is 12.4. The topological polar surface area (TPSA) is 107 Å². The number of carbonyl (C=O) groups is 1. The van der Waals surface area contributed by atoms with E-state index >= 15 is 0 Å². The number of furan rings is 1. The SMILES string of the molecule is CCOC(=O)C1=C(C)NC(=S)NC1c1ccc(-c2ccccc2[N+](=O)[O-])o1. The van der Waals surface area contributed by atoms with Crippen molar-refractivity contribution in [1.82, 2.24) is 10.6 Å². The lowest BCUT2D eigenvalue weighted by atomic mass is 10.0. The zero-order chi connectivity index (χ0) is 19.6. The van der Waals surface area contributed by atoms with Crippen molar-refractivity contribution in [3.63, 3.8) is 0 Å². The van der Waals surface area contributed by atoms with Gasteiger partial charge in [0.15, 0.2) is 5.11 Å². The number of nitro benzene ring substituents is 1. The second-order valence-corrected chi connectivity index (χ2v) is 6.18. The lowest BCUT2D eigenvalue weighted by Crippen LogP contribution is -2.45. The van der Waals surface area contributed by atoms with Gasteiger partial charge in [-0.1, -0.05) is 12.1 Å². The van der Waals surface area contributed by atoms with Gasteiger partial charge in [0.05, 0.1) is 22.7 Å². The van der Waals surface area contributed by atoms with Crippen molar-refractivity contribution in [2.45, 2.75) is 19.9 Å². The van der Waals surface area contributed by atoms with Gasteiger partial charge in [-0.3, -0.25) is 10.1 Å². The number of rotatable bonds is 5. The molecule has 1 aliphatic heterocycles. The second-order valence-electron chi connectivity index (χ2n) is 5.77. The Morgan fingerprint density at radius 3 is 2.78 bits per heavy atom. The minimum atomic E-state index is -0.658. The van der Waals surface area contributed by atoms with E-state index in [4.69, 9.17) is 21.4 Å². The third-order valence-electron chi connectivity index (χ3n) is 4.04. The number of allylic oxidation sites excluding steroid dienone is 1. The maximum Gasteiger partial charge on any atom is 0.338 e. The summed E-state index contributed by atoms with van der Waals surface area (Å²) < 4.78 is 11.0.